The van der Waals surface area contributed by atoms with Crippen LogP contribution in [-0.2, 0) is 6.42 Å². The second-order valence-corrected chi connectivity index (χ2v) is 5.96. The molecule has 3 rings (SSSR count). The molecule has 1 atom stereocenters. The zero-order valence-electron chi connectivity index (χ0n) is 11.6. The zero-order valence-corrected chi connectivity index (χ0v) is 12.4. The fourth-order valence-electron chi connectivity index (χ4n) is 2.57. The number of rotatable bonds is 2. The molecule has 4 nitrogen and oxygen atoms in total. The molecule has 1 aromatic heterocycles. The van der Waals surface area contributed by atoms with Gasteiger partial charge in [0.2, 0.25) is 0 Å². The molecule has 0 saturated carbocycles. The van der Waals surface area contributed by atoms with Crippen molar-refractivity contribution in [2.45, 2.75) is 12.5 Å². The molecule has 20 heavy (non-hydrogen) atoms. The monoisotopic (exact) mass is 287 g/mol. The lowest BCUT2D eigenvalue weighted by Gasteiger charge is -2.37. The number of fused-ring (bicyclic) bond motifs is 1. The molecule has 0 N–H and O–H groups in total. The van der Waals surface area contributed by atoms with E-state index in [-0.39, 0.29) is 5.91 Å². The molecule has 0 radical (unpaired) electrons. The van der Waals surface area contributed by atoms with Crippen LogP contribution >= 0.6 is 11.3 Å². The number of carbonyl (C=O) groups is 1. The van der Waals surface area contributed by atoms with E-state index in [1.54, 1.807) is 5.51 Å². The SMILES string of the molecule is CN(C)[C@@H]1Cc2ccccc2N(C(=O)c2cscn2)C1. The molecule has 1 amide bonds. The van der Waals surface area contributed by atoms with E-state index < -0.39 is 0 Å². The summed E-state index contributed by atoms with van der Waals surface area (Å²) in [5.74, 6) is -0.00903. The van der Waals surface area contributed by atoms with E-state index in [9.17, 15) is 4.79 Å². The van der Waals surface area contributed by atoms with Crippen LogP contribution in [0.1, 0.15) is 16.1 Å². The molecule has 0 aliphatic carbocycles. The van der Waals surface area contributed by atoms with Crippen LogP contribution in [0, 0.1) is 0 Å². The van der Waals surface area contributed by atoms with Crippen LogP contribution in [0.5, 0.6) is 0 Å². The predicted molar refractivity (Wildman–Crippen MR) is 81.4 cm³/mol. The minimum absolute atomic E-state index is 0.00903. The highest BCUT2D eigenvalue weighted by Crippen LogP contribution is 2.29. The first-order valence-corrected chi connectivity index (χ1v) is 7.55. The third-order valence-electron chi connectivity index (χ3n) is 3.76. The number of hydrogen-bond acceptors (Lipinski definition) is 4. The number of hydrogen-bond donors (Lipinski definition) is 0. The number of nitrogens with zero attached hydrogens (tertiary/aromatic N) is 3. The second-order valence-electron chi connectivity index (χ2n) is 5.24. The van der Waals surface area contributed by atoms with Gasteiger partial charge in [-0.15, -0.1) is 11.3 Å². The zero-order chi connectivity index (χ0) is 14.1. The van der Waals surface area contributed by atoms with Crippen LogP contribution in [0.15, 0.2) is 35.2 Å². The van der Waals surface area contributed by atoms with E-state index in [0.29, 0.717) is 18.3 Å². The Balaban J connectivity index is 1.99. The predicted octanol–water partition coefficient (Wildman–Crippen LogP) is 2.28. The van der Waals surface area contributed by atoms with Crippen molar-refractivity contribution >= 4 is 22.9 Å². The summed E-state index contributed by atoms with van der Waals surface area (Å²) >= 11 is 1.45. The molecule has 2 heterocycles. The number of para-hydroxylation sites is 1. The maximum Gasteiger partial charge on any atom is 0.277 e. The van der Waals surface area contributed by atoms with Crippen molar-refractivity contribution in [2.24, 2.45) is 0 Å². The van der Waals surface area contributed by atoms with Gasteiger partial charge in [0.25, 0.3) is 5.91 Å². The number of aromatic nitrogens is 1. The van der Waals surface area contributed by atoms with Gasteiger partial charge in [-0.05, 0) is 32.1 Å². The smallest absolute Gasteiger partial charge is 0.277 e. The summed E-state index contributed by atoms with van der Waals surface area (Å²) in [5.41, 5.74) is 4.47. The first-order chi connectivity index (χ1) is 9.66. The van der Waals surface area contributed by atoms with Gasteiger partial charge in [0, 0.05) is 23.7 Å². The average Bonchev–Trinajstić information content (AvgIpc) is 2.99. The molecule has 2 aromatic rings. The lowest BCUT2D eigenvalue weighted by atomic mass is 9.97. The van der Waals surface area contributed by atoms with Crippen molar-refractivity contribution in [3.05, 3.63) is 46.4 Å². The Kier molecular flexibility index (Phi) is 3.54. The first-order valence-electron chi connectivity index (χ1n) is 6.61. The van der Waals surface area contributed by atoms with Crippen molar-refractivity contribution in [1.29, 1.82) is 0 Å². The summed E-state index contributed by atoms with van der Waals surface area (Å²) in [4.78, 5) is 20.8. The number of anilines is 1. The standard InChI is InChI=1S/C15H17N3OS/c1-17(2)12-7-11-5-3-4-6-14(11)18(8-12)15(19)13-9-20-10-16-13/h3-6,9-10,12H,7-8H2,1-2H3/t12-/m1/s1. The summed E-state index contributed by atoms with van der Waals surface area (Å²) < 4.78 is 0. The quantitative estimate of drug-likeness (QED) is 0.850. The van der Waals surface area contributed by atoms with Crippen molar-refractivity contribution in [3.8, 4) is 0 Å². The highest BCUT2D eigenvalue weighted by Gasteiger charge is 2.30. The molecular weight excluding hydrogens is 270 g/mol. The summed E-state index contributed by atoms with van der Waals surface area (Å²) in [6.45, 7) is 0.709. The van der Waals surface area contributed by atoms with E-state index >= 15 is 0 Å². The summed E-state index contributed by atoms with van der Waals surface area (Å²) in [6, 6.07) is 8.48. The normalized spacial score (nSPS) is 18.1. The molecule has 0 spiro atoms. The Hall–Kier alpha value is -1.72. The minimum atomic E-state index is -0.00903. The largest absolute Gasteiger partial charge is 0.305 e. The van der Waals surface area contributed by atoms with Gasteiger partial charge in [0.15, 0.2) is 0 Å². The van der Waals surface area contributed by atoms with Gasteiger partial charge < -0.3 is 9.80 Å². The van der Waals surface area contributed by atoms with Gasteiger partial charge in [0.05, 0.1) is 5.51 Å². The van der Waals surface area contributed by atoms with Gasteiger partial charge in [-0.25, -0.2) is 4.98 Å². The van der Waals surface area contributed by atoms with Crippen LogP contribution in [0.3, 0.4) is 0 Å². The maximum absolute atomic E-state index is 12.6. The topological polar surface area (TPSA) is 36.4 Å². The number of likely N-dealkylation sites (N-methyl/N-ethyl adjacent to an activating group) is 1. The Morgan fingerprint density at radius 3 is 2.90 bits per heavy atom. The number of thiazole rings is 1. The van der Waals surface area contributed by atoms with Crippen LogP contribution in [0.25, 0.3) is 0 Å². The lowest BCUT2D eigenvalue weighted by Crippen LogP contribution is -2.48. The number of carbonyl (C=O) groups excluding carboxylic acids is 1. The Morgan fingerprint density at radius 2 is 2.20 bits per heavy atom. The second kappa shape index (κ2) is 5.34. The average molecular weight is 287 g/mol. The highest BCUT2D eigenvalue weighted by atomic mass is 32.1. The van der Waals surface area contributed by atoms with E-state index in [1.807, 2.05) is 28.5 Å². The Morgan fingerprint density at radius 1 is 1.40 bits per heavy atom. The molecule has 1 aromatic carbocycles. The molecule has 0 fully saturated rings. The summed E-state index contributed by atoms with van der Waals surface area (Å²) in [6.07, 6.45) is 0.976. The fourth-order valence-corrected chi connectivity index (χ4v) is 3.09. The van der Waals surface area contributed by atoms with Crippen molar-refractivity contribution in [3.63, 3.8) is 0 Å². The van der Waals surface area contributed by atoms with Gasteiger partial charge in [-0.1, -0.05) is 18.2 Å². The van der Waals surface area contributed by atoms with Gasteiger partial charge in [-0.2, -0.15) is 0 Å². The van der Waals surface area contributed by atoms with Crippen LogP contribution in [-0.4, -0.2) is 42.5 Å². The number of benzene rings is 1. The molecule has 5 heteroatoms. The third-order valence-corrected chi connectivity index (χ3v) is 4.34. The van der Waals surface area contributed by atoms with E-state index in [1.165, 1.54) is 16.9 Å². The minimum Gasteiger partial charge on any atom is -0.305 e. The molecule has 104 valence electrons. The van der Waals surface area contributed by atoms with E-state index in [4.69, 9.17) is 0 Å². The highest BCUT2D eigenvalue weighted by molar-refractivity contribution is 7.07. The van der Waals surface area contributed by atoms with Gasteiger partial charge in [0.1, 0.15) is 5.69 Å². The van der Waals surface area contributed by atoms with Crippen molar-refractivity contribution < 1.29 is 4.79 Å². The van der Waals surface area contributed by atoms with Gasteiger partial charge in [-0.3, -0.25) is 4.79 Å². The van der Waals surface area contributed by atoms with Crippen LogP contribution < -0.4 is 4.90 Å². The molecule has 0 bridgehead atoms. The molecule has 1 aliphatic rings. The van der Waals surface area contributed by atoms with Crippen molar-refractivity contribution in [2.75, 3.05) is 25.5 Å². The Bertz CT molecular complexity index is 609. The summed E-state index contributed by atoms with van der Waals surface area (Å²) in [7, 11) is 4.12. The first kappa shape index (κ1) is 13.3. The maximum atomic E-state index is 12.6. The molecule has 1 aliphatic heterocycles. The van der Waals surface area contributed by atoms with Crippen molar-refractivity contribution in [1.82, 2.24) is 9.88 Å². The van der Waals surface area contributed by atoms with E-state index in [2.05, 4.69) is 30.0 Å². The van der Waals surface area contributed by atoms with Gasteiger partial charge >= 0.3 is 0 Å². The Labute approximate surface area is 122 Å². The fraction of sp³-hybridized carbons (Fsp3) is 0.333. The molecular formula is C15H17N3OS. The van der Waals surface area contributed by atoms with E-state index in [0.717, 1.165) is 12.1 Å². The third kappa shape index (κ3) is 2.34. The lowest BCUT2D eigenvalue weighted by molar-refractivity contribution is 0.0972. The molecule has 0 unspecified atom stereocenters. The van der Waals surface area contributed by atoms with Crippen LogP contribution in [0.2, 0.25) is 0 Å². The number of amides is 1. The molecule has 0 saturated heterocycles. The summed E-state index contributed by atoms with van der Waals surface area (Å²) in [5, 5.41) is 1.81. The van der Waals surface area contributed by atoms with Crippen LogP contribution in [0.4, 0.5) is 5.69 Å².